The highest BCUT2D eigenvalue weighted by atomic mass is 19.1. The molecular weight excluding hydrogens is 425 g/mol. The van der Waals surface area contributed by atoms with Gasteiger partial charge in [0.15, 0.2) is 0 Å². The summed E-state index contributed by atoms with van der Waals surface area (Å²) in [5.41, 5.74) is 6.89. The zero-order valence-electron chi connectivity index (χ0n) is 19.8. The fourth-order valence-electron chi connectivity index (χ4n) is 6.53. The second kappa shape index (κ2) is 10.8. The maximum Gasteiger partial charge on any atom is 0.223 e. The molecule has 9 nitrogen and oxygen atoms in total. The van der Waals surface area contributed by atoms with Gasteiger partial charge in [-0.3, -0.25) is 15.0 Å². The number of hydrogen-bond acceptors (Lipinski definition) is 8. The van der Waals surface area contributed by atoms with Crippen molar-refractivity contribution < 1.29 is 13.9 Å². The number of alkyl halides is 1. The second-order valence-electron chi connectivity index (χ2n) is 10.7. The number of carbonyl (C=O) groups is 1. The number of amides is 1. The van der Waals surface area contributed by atoms with Gasteiger partial charge >= 0.3 is 0 Å². The summed E-state index contributed by atoms with van der Waals surface area (Å²) in [6.45, 7) is 3.27. The van der Waals surface area contributed by atoms with Gasteiger partial charge in [0.1, 0.15) is 6.17 Å². The van der Waals surface area contributed by atoms with E-state index < -0.39 is 6.17 Å². The standard InChI is InChI=1S/C23H42FN7O2/c1-31-21(29-30-22(31)18-7-8-25-13-27-18)11-26-16-4-2-3-14(9-16)23(32)28-19-12-33-20-10-15(24)5-6-17(19)20/h14-22,25-27,29-30H,2-13H2,1H3,(H,28,32)/t14?,15?,16?,17?,18?,19-,20?,21?,22?/m0/s1. The molecule has 1 amide bonds. The average molecular weight is 468 g/mol. The van der Waals surface area contributed by atoms with E-state index in [1.807, 2.05) is 0 Å². The minimum absolute atomic E-state index is 0.0202. The van der Waals surface area contributed by atoms with E-state index in [9.17, 15) is 9.18 Å². The van der Waals surface area contributed by atoms with Crippen molar-refractivity contribution in [1.29, 1.82) is 0 Å². The summed E-state index contributed by atoms with van der Waals surface area (Å²) >= 11 is 0. The molecule has 0 bridgehead atoms. The molecule has 2 aliphatic carbocycles. The minimum Gasteiger partial charge on any atom is -0.376 e. The van der Waals surface area contributed by atoms with Crippen LogP contribution in [0.4, 0.5) is 4.39 Å². The quantitative estimate of drug-likeness (QED) is 0.318. The number of rotatable bonds is 6. The normalized spacial score (nSPS) is 44.5. The molecule has 188 valence electrons. The third-order valence-electron chi connectivity index (χ3n) is 8.59. The van der Waals surface area contributed by atoms with E-state index in [1.54, 1.807) is 0 Å². The van der Waals surface area contributed by atoms with Gasteiger partial charge in [-0.15, -0.1) is 0 Å². The Morgan fingerprint density at radius 3 is 2.91 bits per heavy atom. The van der Waals surface area contributed by atoms with Gasteiger partial charge < -0.3 is 20.7 Å². The van der Waals surface area contributed by atoms with Crippen LogP contribution in [0.2, 0.25) is 0 Å². The van der Waals surface area contributed by atoms with Gasteiger partial charge in [-0.25, -0.2) is 15.2 Å². The van der Waals surface area contributed by atoms with Crippen LogP contribution in [-0.4, -0.2) is 87.0 Å². The highest BCUT2D eigenvalue weighted by Crippen LogP contribution is 2.36. The lowest BCUT2D eigenvalue weighted by molar-refractivity contribution is -0.127. The van der Waals surface area contributed by atoms with E-state index in [1.165, 1.54) is 0 Å². The Labute approximate surface area is 196 Å². The molecule has 6 N–H and O–H groups in total. The van der Waals surface area contributed by atoms with E-state index in [0.29, 0.717) is 31.5 Å². The van der Waals surface area contributed by atoms with Crippen molar-refractivity contribution >= 4 is 5.91 Å². The lowest BCUT2D eigenvalue weighted by atomic mass is 9.81. The molecular formula is C23H42FN7O2. The van der Waals surface area contributed by atoms with Gasteiger partial charge in [0.05, 0.1) is 31.1 Å². The molecule has 0 spiro atoms. The van der Waals surface area contributed by atoms with Crippen LogP contribution in [0.5, 0.6) is 0 Å². The lowest BCUT2D eigenvalue weighted by Crippen LogP contribution is -2.58. The maximum absolute atomic E-state index is 13.7. The molecule has 3 saturated heterocycles. The zero-order valence-corrected chi connectivity index (χ0v) is 19.8. The second-order valence-corrected chi connectivity index (χ2v) is 10.7. The Morgan fingerprint density at radius 1 is 1.15 bits per heavy atom. The van der Waals surface area contributed by atoms with E-state index in [2.05, 4.69) is 44.1 Å². The lowest BCUT2D eigenvalue weighted by Gasteiger charge is -2.35. The highest BCUT2D eigenvalue weighted by Gasteiger charge is 2.43. The zero-order chi connectivity index (χ0) is 22.8. The molecule has 9 atom stereocenters. The first-order chi connectivity index (χ1) is 16.1. The van der Waals surface area contributed by atoms with Crippen molar-refractivity contribution in [2.75, 3.05) is 33.4 Å². The molecule has 0 aromatic rings. The van der Waals surface area contributed by atoms with Crippen molar-refractivity contribution in [2.45, 2.75) is 94.1 Å². The fourth-order valence-corrected chi connectivity index (χ4v) is 6.53. The van der Waals surface area contributed by atoms with Crippen LogP contribution in [0, 0.1) is 11.8 Å². The predicted octanol–water partition coefficient (Wildman–Crippen LogP) is -0.243. The van der Waals surface area contributed by atoms with Crippen molar-refractivity contribution in [3.05, 3.63) is 0 Å². The van der Waals surface area contributed by atoms with Crippen molar-refractivity contribution in [3.63, 3.8) is 0 Å². The van der Waals surface area contributed by atoms with Crippen LogP contribution in [0.1, 0.15) is 51.4 Å². The van der Waals surface area contributed by atoms with E-state index >= 15 is 0 Å². The first-order valence-electron chi connectivity index (χ1n) is 13.0. The molecule has 2 saturated carbocycles. The summed E-state index contributed by atoms with van der Waals surface area (Å²) in [7, 11) is 2.16. The molecule has 3 heterocycles. The number of likely N-dealkylation sites (N-methyl/N-ethyl adjacent to an activating group) is 1. The van der Waals surface area contributed by atoms with Gasteiger partial charge in [0, 0.05) is 43.6 Å². The Balaban J connectivity index is 1.06. The van der Waals surface area contributed by atoms with Crippen LogP contribution in [0.25, 0.3) is 0 Å². The summed E-state index contributed by atoms with van der Waals surface area (Å²) in [6.07, 6.45) is 6.73. The van der Waals surface area contributed by atoms with Gasteiger partial charge in [-0.1, -0.05) is 6.42 Å². The SMILES string of the molecule is CN1C(CNC2CCCC(C(=O)N[C@H]3COC4CC(F)CCC43)C2)NNC1C1CCNCN1. The Hall–Kier alpha value is -0.880. The van der Waals surface area contributed by atoms with Crippen LogP contribution in [0.15, 0.2) is 0 Å². The van der Waals surface area contributed by atoms with Gasteiger partial charge in [0.25, 0.3) is 0 Å². The number of fused-ring (bicyclic) bond motifs is 1. The van der Waals surface area contributed by atoms with E-state index in [-0.39, 0.29) is 42.2 Å². The molecule has 10 heteroatoms. The van der Waals surface area contributed by atoms with E-state index in [4.69, 9.17) is 4.74 Å². The summed E-state index contributed by atoms with van der Waals surface area (Å²) < 4.78 is 19.5. The Kier molecular flexibility index (Phi) is 7.81. The molecule has 0 aromatic carbocycles. The number of carbonyl (C=O) groups excluding carboxylic acids is 1. The van der Waals surface area contributed by atoms with Crippen LogP contribution in [0.3, 0.4) is 0 Å². The molecule has 5 aliphatic rings. The molecule has 5 fully saturated rings. The summed E-state index contributed by atoms with van der Waals surface area (Å²) in [4.78, 5) is 15.4. The number of nitrogens with zero attached hydrogens (tertiary/aromatic N) is 1. The molecule has 3 aliphatic heterocycles. The number of hydrogen-bond donors (Lipinski definition) is 6. The predicted molar refractivity (Wildman–Crippen MR) is 124 cm³/mol. The van der Waals surface area contributed by atoms with Crippen molar-refractivity contribution in [2.24, 2.45) is 11.8 Å². The smallest absolute Gasteiger partial charge is 0.223 e. The Bertz CT molecular complexity index is 667. The van der Waals surface area contributed by atoms with E-state index in [0.717, 1.165) is 58.3 Å². The molecule has 33 heavy (non-hydrogen) atoms. The molecule has 0 radical (unpaired) electrons. The topological polar surface area (TPSA) is 102 Å². The molecule has 5 rings (SSSR count). The molecule has 0 aromatic heterocycles. The highest BCUT2D eigenvalue weighted by molar-refractivity contribution is 5.79. The Morgan fingerprint density at radius 2 is 2.06 bits per heavy atom. The van der Waals surface area contributed by atoms with Crippen LogP contribution in [-0.2, 0) is 9.53 Å². The third kappa shape index (κ3) is 5.52. The van der Waals surface area contributed by atoms with Gasteiger partial charge in [-0.05, 0) is 52.1 Å². The monoisotopic (exact) mass is 467 g/mol. The van der Waals surface area contributed by atoms with Crippen molar-refractivity contribution in [1.82, 2.24) is 37.0 Å². The van der Waals surface area contributed by atoms with Crippen molar-refractivity contribution in [3.8, 4) is 0 Å². The third-order valence-corrected chi connectivity index (χ3v) is 8.59. The summed E-state index contributed by atoms with van der Waals surface area (Å²) in [6, 6.07) is 0.831. The van der Waals surface area contributed by atoms with Crippen LogP contribution < -0.4 is 32.1 Å². The van der Waals surface area contributed by atoms with Gasteiger partial charge in [-0.2, -0.15) is 0 Å². The molecule has 8 unspecified atom stereocenters. The largest absolute Gasteiger partial charge is 0.376 e. The van der Waals surface area contributed by atoms with Crippen LogP contribution >= 0.6 is 0 Å². The summed E-state index contributed by atoms with van der Waals surface area (Å²) in [5, 5.41) is 13.9. The fraction of sp³-hybridized carbons (Fsp3) is 0.957. The number of hydrazine groups is 1. The number of nitrogens with one attached hydrogen (secondary N) is 6. The first kappa shape index (κ1) is 23.8. The summed E-state index contributed by atoms with van der Waals surface area (Å²) in [5.74, 6) is 0.483. The number of ether oxygens (including phenoxy) is 1. The minimum atomic E-state index is -0.749. The van der Waals surface area contributed by atoms with Gasteiger partial charge in [0.2, 0.25) is 5.91 Å². The maximum atomic E-state index is 13.7. The number of halogens is 1. The first-order valence-corrected chi connectivity index (χ1v) is 13.0. The average Bonchev–Trinajstić information content (AvgIpc) is 3.41.